The van der Waals surface area contributed by atoms with Crippen molar-refractivity contribution >= 4 is 34.2 Å². The third-order valence-electron chi connectivity index (χ3n) is 9.65. The van der Waals surface area contributed by atoms with Crippen molar-refractivity contribution in [1.82, 2.24) is 20.5 Å². The zero-order chi connectivity index (χ0) is 33.1. The summed E-state index contributed by atoms with van der Waals surface area (Å²) in [5.74, 6) is -1.70. The van der Waals surface area contributed by atoms with Crippen molar-refractivity contribution in [3.63, 3.8) is 0 Å². The molecule has 3 heterocycles. The lowest BCUT2D eigenvalue weighted by atomic mass is 9.79. The van der Waals surface area contributed by atoms with Crippen molar-refractivity contribution < 1.29 is 19.2 Å². The van der Waals surface area contributed by atoms with Crippen molar-refractivity contribution in [2.75, 3.05) is 38.6 Å². The number of dihydropyridines is 1. The summed E-state index contributed by atoms with van der Waals surface area (Å²) in [7, 11) is 1.29. The quantitative estimate of drug-likeness (QED) is 0.166. The molecule has 3 aliphatic rings. The van der Waals surface area contributed by atoms with Crippen molar-refractivity contribution in [3.05, 3.63) is 98.0 Å². The number of benzene rings is 2. The molecule has 1 fully saturated rings. The zero-order valence-corrected chi connectivity index (χ0v) is 27.2. The normalized spacial score (nSPS) is 18.8. The summed E-state index contributed by atoms with van der Waals surface area (Å²) in [6.07, 6.45) is 6.06. The minimum absolute atomic E-state index is 0.0393. The number of pyridine rings is 1. The molecule has 0 bridgehead atoms. The SMILES string of the molecule is COC(=O)C1=C(C)NC(C)=C(C(=O)NC2CCN(CCNc3c4c(nc5ccccc35)CCCC4)CC2)C1c1cccc([N+](=O)[O-])c1. The van der Waals surface area contributed by atoms with Gasteiger partial charge in [-0.1, -0.05) is 30.3 Å². The summed E-state index contributed by atoms with van der Waals surface area (Å²) in [6.45, 7) is 6.93. The number of nitrogens with one attached hydrogen (secondary N) is 3. The van der Waals surface area contributed by atoms with Crippen LogP contribution < -0.4 is 16.0 Å². The molecule has 1 unspecified atom stereocenters. The number of hydrogen-bond acceptors (Lipinski definition) is 9. The first-order valence-corrected chi connectivity index (χ1v) is 16.4. The number of amides is 1. The lowest BCUT2D eigenvalue weighted by Crippen LogP contribution is -2.47. The van der Waals surface area contributed by atoms with Gasteiger partial charge in [-0.15, -0.1) is 0 Å². The van der Waals surface area contributed by atoms with E-state index in [1.54, 1.807) is 26.0 Å². The van der Waals surface area contributed by atoms with E-state index in [0.29, 0.717) is 22.5 Å². The second-order valence-electron chi connectivity index (χ2n) is 12.6. The van der Waals surface area contributed by atoms with Crippen LogP contribution in [0.1, 0.15) is 62.3 Å². The first-order valence-electron chi connectivity index (χ1n) is 16.4. The lowest BCUT2D eigenvalue weighted by Gasteiger charge is -2.35. The van der Waals surface area contributed by atoms with Crippen LogP contribution in [0.15, 0.2) is 71.1 Å². The number of rotatable bonds is 9. The largest absolute Gasteiger partial charge is 0.466 e. The van der Waals surface area contributed by atoms with Crippen LogP contribution in [0.2, 0.25) is 0 Å². The van der Waals surface area contributed by atoms with Gasteiger partial charge < -0.3 is 25.6 Å². The fourth-order valence-electron chi connectivity index (χ4n) is 7.30. The number of nitro groups is 1. The maximum absolute atomic E-state index is 13.9. The van der Waals surface area contributed by atoms with Gasteiger partial charge in [-0.2, -0.15) is 0 Å². The maximum Gasteiger partial charge on any atom is 0.336 e. The molecule has 1 aromatic heterocycles. The third kappa shape index (κ3) is 6.71. The number of nitro benzene ring substituents is 1. The monoisotopic (exact) mass is 638 g/mol. The summed E-state index contributed by atoms with van der Waals surface area (Å²) in [4.78, 5) is 45.4. The number of non-ortho nitro benzene ring substituents is 1. The molecule has 3 N–H and O–H groups in total. The van der Waals surface area contributed by atoms with E-state index >= 15 is 0 Å². The van der Waals surface area contributed by atoms with Gasteiger partial charge in [0.05, 0.1) is 29.0 Å². The number of aromatic nitrogens is 1. The van der Waals surface area contributed by atoms with Gasteiger partial charge >= 0.3 is 5.97 Å². The number of likely N-dealkylation sites (tertiary alicyclic amines) is 1. The number of esters is 1. The number of anilines is 1. The standard InChI is InChI=1S/C36H42N6O5/c1-22-31(33(32(23(2)38-22)36(44)47-3)24-9-8-10-26(21-24)42(45)46)35(43)39-25-15-18-41(19-16-25)20-17-37-34-27-11-4-6-13-29(27)40-30-14-7-5-12-28(30)34/h4,6,8-11,13,21,25,33,38H,5,7,12,14-20H2,1-3H3,(H,37,40)(H,39,43). The number of nitrogens with zero attached hydrogens (tertiary/aromatic N) is 3. The first-order chi connectivity index (χ1) is 22.7. The van der Waals surface area contributed by atoms with Crippen LogP contribution in [0.25, 0.3) is 10.9 Å². The highest BCUT2D eigenvalue weighted by Gasteiger charge is 2.38. The van der Waals surface area contributed by atoms with E-state index in [-0.39, 0.29) is 23.2 Å². The minimum Gasteiger partial charge on any atom is -0.466 e. The lowest BCUT2D eigenvalue weighted by molar-refractivity contribution is -0.384. The molecular weight excluding hydrogens is 596 g/mol. The Labute approximate surface area is 274 Å². The smallest absolute Gasteiger partial charge is 0.336 e. The van der Waals surface area contributed by atoms with E-state index in [0.717, 1.165) is 57.4 Å². The molecule has 1 atom stereocenters. The highest BCUT2D eigenvalue weighted by Crippen LogP contribution is 2.40. The van der Waals surface area contributed by atoms with Crippen LogP contribution in [0, 0.1) is 10.1 Å². The number of hydrogen-bond donors (Lipinski definition) is 3. The molecule has 3 aromatic rings. The van der Waals surface area contributed by atoms with Crippen LogP contribution in [0.5, 0.6) is 0 Å². The van der Waals surface area contributed by atoms with E-state index in [1.807, 2.05) is 6.07 Å². The van der Waals surface area contributed by atoms with Crippen molar-refractivity contribution in [2.24, 2.45) is 0 Å². The summed E-state index contributed by atoms with van der Waals surface area (Å²) < 4.78 is 5.08. The Morgan fingerprint density at radius 3 is 2.55 bits per heavy atom. The van der Waals surface area contributed by atoms with Crippen LogP contribution in [0.4, 0.5) is 11.4 Å². The summed E-state index contributed by atoms with van der Waals surface area (Å²) in [5.41, 5.74) is 6.99. The number of piperidine rings is 1. The molecule has 246 valence electrons. The van der Waals surface area contributed by atoms with Crippen LogP contribution >= 0.6 is 0 Å². The Bertz CT molecular complexity index is 1770. The second kappa shape index (κ2) is 13.9. The van der Waals surface area contributed by atoms with E-state index in [1.165, 1.54) is 54.4 Å². The molecule has 1 amide bonds. The number of carbonyl (C=O) groups is 2. The maximum atomic E-state index is 13.9. The number of carbonyl (C=O) groups excluding carboxylic acids is 2. The Morgan fingerprint density at radius 2 is 1.79 bits per heavy atom. The minimum atomic E-state index is -0.815. The Balaban J connectivity index is 1.11. The molecule has 0 saturated carbocycles. The average molecular weight is 639 g/mol. The molecule has 11 nitrogen and oxygen atoms in total. The highest BCUT2D eigenvalue weighted by molar-refractivity contribution is 6.02. The first kappa shape index (κ1) is 32.2. The number of methoxy groups -OCH3 is 1. The molecule has 2 aliphatic heterocycles. The van der Waals surface area contributed by atoms with E-state index < -0.39 is 16.8 Å². The Morgan fingerprint density at radius 1 is 1.04 bits per heavy atom. The highest BCUT2D eigenvalue weighted by atomic mass is 16.6. The molecule has 11 heteroatoms. The molecule has 2 aromatic carbocycles. The Kier molecular flexibility index (Phi) is 9.53. The molecule has 1 saturated heterocycles. The van der Waals surface area contributed by atoms with Crippen LogP contribution in [-0.2, 0) is 27.2 Å². The van der Waals surface area contributed by atoms with E-state index in [2.05, 4.69) is 39.0 Å². The van der Waals surface area contributed by atoms with Crippen LogP contribution in [-0.4, -0.2) is 66.0 Å². The molecule has 0 spiro atoms. The van der Waals surface area contributed by atoms with Crippen molar-refractivity contribution in [2.45, 2.75) is 64.3 Å². The van der Waals surface area contributed by atoms with Gasteiger partial charge in [-0.3, -0.25) is 19.9 Å². The van der Waals surface area contributed by atoms with Gasteiger partial charge in [0.25, 0.3) is 5.69 Å². The van der Waals surface area contributed by atoms with E-state index in [4.69, 9.17) is 9.72 Å². The fraction of sp³-hybridized carbons (Fsp3) is 0.417. The van der Waals surface area contributed by atoms with Crippen LogP contribution in [0.3, 0.4) is 0 Å². The van der Waals surface area contributed by atoms with Gasteiger partial charge in [-0.25, -0.2) is 4.79 Å². The molecule has 6 rings (SSSR count). The number of para-hydroxylation sites is 1. The molecule has 1 aliphatic carbocycles. The number of fused-ring (bicyclic) bond motifs is 2. The Hall–Kier alpha value is -4.77. The summed E-state index contributed by atoms with van der Waals surface area (Å²) in [5, 5.41) is 22.9. The van der Waals surface area contributed by atoms with Crippen molar-refractivity contribution in [1.29, 1.82) is 0 Å². The fourth-order valence-corrected chi connectivity index (χ4v) is 7.30. The molecule has 47 heavy (non-hydrogen) atoms. The number of aryl methyl sites for hydroxylation is 1. The van der Waals surface area contributed by atoms with Gasteiger partial charge in [0.2, 0.25) is 5.91 Å². The predicted octanol–water partition coefficient (Wildman–Crippen LogP) is 5.12. The number of ether oxygens (including phenoxy) is 1. The summed E-state index contributed by atoms with van der Waals surface area (Å²) in [6, 6.07) is 14.4. The topological polar surface area (TPSA) is 139 Å². The van der Waals surface area contributed by atoms with Crippen molar-refractivity contribution in [3.8, 4) is 0 Å². The van der Waals surface area contributed by atoms with Gasteiger partial charge in [-0.05, 0) is 69.6 Å². The van der Waals surface area contributed by atoms with Gasteiger partial charge in [0.1, 0.15) is 0 Å². The zero-order valence-electron chi connectivity index (χ0n) is 27.2. The second-order valence-corrected chi connectivity index (χ2v) is 12.6. The summed E-state index contributed by atoms with van der Waals surface area (Å²) >= 11 is 0. The van der Waals surface area contributed by atoms with Gasteiger partial charge in [0, 0.05) is 78.1 Å². The average Bonchev–Trinajstić information content (AvgIpc) is 3.08. The van der Waals surface area contributed by atoms with E-state index in [9.17, 15) is 19.7 Å². The third-order valence-corrected chi connectivity index (χ3v) is 9.65. The predicted molar refractivity (Wildman–Crippen MR) is 181 cm³/mol. The molecule has 0 radical (unpaired) electrons. The number of allylic oxidation sites excluding steroid dienone is 2. The molecular formula is C36H42N6O5. The van der Waals surface area contributed by atoms with Gasteiger partial charge in [0.15, 0.2) is 0 Å².